The highest BCUT2D eigenvalue weighted by molar-refractivity contribution is 5.97. The van der Waals surface area contributed by atoms with Gasteiger partial charge in [0, 0.05) is 24.5 Å². The minimum absolute atomic E-state index is 0.0872. The fraction of sp³-hybridized carbons (Fsp3) is 0.125. The van der Waals surface area contributed by atoms with Crippen molar-refractivity contribution in [2.75, 3.05) is 7.05 Å². The summed E-state index contributed by atoms with van der Waals surface area (Å²) in [5.74, 6) is -0.367. The fourth-order valence-corrected chi connectivity index (χ4v) is 2.23. The molecule has 1 aromatic heterocycles. The smallest absolute Gasteiger partial charge is 0.253 e. The number of hydrogen-bond acceptors (Lipinski definition) is 2. The van der Waals surface area contributed by atoms with Crippen LogP contribution in [0.1, 0.15) is 15.9 Å². The van der Waals surface area contributed by atoms with Gasteiger partial charge in [-0.15, -0.1) is 0 Å². The first kappa shape index (κ1) is 13.3. The number of amides is 1. The van der Waals surface area contributed by atoms with E-state index in [1.165, 1.54) is 12.1 Å². The minimum Gasteiger partial charge on any atom is -0.337 e. The first-order chi connectivity index (χ1) is 10.1. The molecule has 0 bridgehead atoms. The molecule has 0 fully saturated rings. The van der Waals surface area contributed by atoms with E-state index in [-0.39, 0.29) is 11.7 Å². The normalized spacial score (nSPS) is 10.8. The molecule has 0 saturated heterocycles. The van der Waals surface area contributed by atoms with E-state index in [0.29, 0.717) is 12.1 Å². The molecule has 106 valence electrons. The van der Waals surface area contributed by atoms with E-state index in [4.69, 9.17) is 0 Å². The Labute approximate surface area is 121 Å². The van der Waals surface area contributed by atoms with Gasteiger partial charge in [0.05, 0.1) is 11.7 Å². The summed E-state index contributed by atoms with van der Waals surface area (Å²) >= 11 is 0. The Morgan fingerprint density at radius 1 is 1.24 bits per heavy atom. The van der Waals surface area contributed by atoms with Crippen LogP contribution >= 0.6 is 0 Å². The van der Waals surface area contributed by atoms with Gasteiger partial charge in [-0.25, -0.2) is 4.39 Å². The number of carbonyl (C=O) groups excluding carboxylic acids is 1. The number of nitrogens with one attached hydrogen (secondary N) is 1. The molecule has 0 saturated carbocycles. The molecule has 0 spiro atoms. The van der Waals surface area contributed by atoms with Crippen LogP contribution in [0.25, 0.3) is 10.9 Å². The molecule has 5 heteroatoms. The van der Waals surface area contributed by atoms with Crippen molar-refractivity contribution in [2.24, 2.45) is 0 Å². The third-order valence-corrected chi connectivity index (χ3v) is 3.37. The first-order valence-electron chi connectivity index (χ1n) is 6.56. The second kappa shape index (κ2) is 5.36. The molecular formula is C16H14FN3O. The Morgan fingerprint density at radius 2 is 2.00 bits per heavy atom. The lowest BCUT2D eigenvalue weighted by molar-refractivity contribution is 0.0785. The molecule has 3 aromatic rings. The second-order valence-corrected chi connectivity index (χ2v) is 4.96. The van der Waals surface area contributed by atoms with Crippen molar-refractivity contribution >= 4 is 16.8 Å². The van der Waals surface area contributed by atoms with E-state index in [9.17, 15) is 9.18 Å². The molecule has 0 aliphatic heterocycles. The molecule has 2 aromatic carbocycles. The summed E-state index contributed by atoms with van der Waals surface area (Å²) in [5.41, 5.74) is 2.31. The molecule has 0 atom stereocenters. The molecule has 4 nitrogen and oxygen atoms in total. The van der Waals surface area contributed by atoms with E-state index in [1.54, 1.807) is 42.4 Å². The minimum atomic E-state index is -0.280. The largest absolute Gasteiger partial charge is 0.337 e. The zero-order valence-electron chi connectivity index (χ0n) is 11.5. The number of halogens is 1. The maximum absolute atomic E-state index is 12.9. The van der Waals surface area contributed by atoms with Crippen molar-refractivity contribution in [1.29, 1.82) is 0 Å². The Balaban J connectivity index is 1.78. The highest BCUT2D eigenvalue weighted by Gasteiger charge is 2.13. The maximum atomic E-state index is 12.9. The number of hydrogen-bond donors (Lipinski definition) is 1. The zero-order valence-corrected chi connectivity index (χ0v) is 11.5. The van der Waals surface area contributed by atoms with Gasteiger partial charge in [0.15, 0.2) is 0 Å². The summed E-state index contributed by atoms with van der Waals surface area (Å²) < 4.78 is 12.9. The third kappa shape index (κ3) is 2.76. The fourth-order valence-electron chi connectivity index (χ4n) is 2.23. The van der Waals surface area contributed by atoms with Crippen molar-refractivity contribution in [3.63, 3.8) is 0 Å². The SMILES string of the molecule is CN(Cc1ccc(F)cc1)C(=O)c1ccc2cn[nH]c2c1. The lowest BCUT2D eigenvalue weighted by atomic mass is 10.1. The molecule has 0 aliphatic carbocycles. The molecule has 3 rings (SSSR count). The van der Waals surface area contributed by atoms with Gasteiger partial charge in [0.25, 0.3) is 5.91 Å². The second-order valence-electron chi connectivity index (χ2n) is 4.96. The van der Waals surface area contributed by atoms with Gasteiger partial charge in [0.1, 0.15) is 5.82 Å². The highest BCUT2D eigenvalue weighted by atomic mass is 19.1. The van der Waals surface area contributed by atoms with Crippen LogP contribution in [0.2, 0.25) is 0 Å². The number of H-pyrrole nitrogens is 1. The van der Waals surface area contributed by atoms with Gasteiger partial charge in [0.2, 0.25) is 0 Å². The van der Waals surface area contributed by atoms with Crippen molar-refractivity contribution < 1.29 is 9.18 Å². The number of carbonyl (C=O) groups is 1. The predicted molar refractivity (Wildman–Crippen MR) is 78.3 cm³/mol. The molecule has 1 heterocycles. The predicted octanol–water partition coefficient (Wildman–Crippen LogP) is 2.97. The first-order valence-corrected chi connectivity index (χ1v) is 6.56. The van der Waals surface area contributed by atoms with Crippen LogP contribution in [0.5, 0.6) is 0 Å². The molecule has 0 aliphatic rings. The van der Waals surface area contributed by atoms with Gasteiger partial charge in [-0.2, -0.15) is 5.10 Å². The third-order valence-electron chi connectivity index (χ3n) is 3.37. The summed E-state index contributed by atoms with van der Waals surface area (Å²) in [6.07, 6.45) is 1.71. The van der Waals surface area contributed by atoms with Crippen LogP contribution in [0, 0.1) is 5.82 Å². The molecule has 1 amide bonds. The van der Waals surface area contributed by atoms with Gasteiger partial charge < -0.3 is 4.90 Å². The Morgan fingerprint density at radius 3 is 2.76 bits per heavy atom. The van der Waals surface area contributed by atoms with Gasteiger partial charge in [-0.3, -0.25) is 9.89 Å². The van der Waals surface area contributed by atoms with Crippen molar-refractivity contribution in [3.05, 3.63) is 65.6 Å². The van der Waals surface area contributed by atoms with Gasteiger partial charge in [-0.1, -0.05) is 18.2 Å². The van der Waals surface area contributed by atoms with E-state index in [0.717, 1.165) is 16.5 Å². The van der Waals surface area contributed by atoms with Crippen LogP contribution in [0.15, 0.2) is 48.7 Å². The average Bonchev–Trinajstić information content (AvgIpc) is 2.96. The van der Waals surface area contributed by atoms with E-state index in [2.05, 4.69) is 10.2 Å². The van der Waals surface area contributed by atoms with Crippen molar-refractivity contribution in [3.8, 4) is 0 Å². The number of benzene rings is 2. The number of nitrogens with zero attached hydrogens (tertiary/aromatic N) is 2. The van der Waals surface area contributed by atoms with Crippen LogP contribution in [0.3, 0.4) is 0 Å². The van der Waals surface area contributed by atoms with Crippen molar-refractivity contribution in [1.82, 2.24) is 15.1 Å². The topological polar surface area (TPSA) is 49.0 Å². The van der Waals surface area contributed by atoms with Gasteiger partial charge in [-0.05, 0) is 29.8 Å². The number of aromatic amines is 1. The summed E-state index contributed by atoms with van der Waals surface area (Å²) in [5, 5.41) is 7.75. The molecule has 0 radical (unpaired) electrons. The standard InChI is InChI=1S/C16H14FN3O/c1-20(10-11-2-6-14(17)7-3-11)16(21)12-4-5-13-9-18-19-15(13)8-12/h2-9H,10H2,1H3,(H,18,19). The van der Waals surface area contributed by atoms with Crippen LogP contribution in [0.4, 0.5) is 4.39 Å². The average molecular weight is 283 g/mol. The highest BCUT2D eigenvalue weighted by Crippen LogP contribution is 2.15. The van der Waals surface area contributed by atoms with Crippen LogP contribution < -0.4 is 0 Å². The zero-order chi connectivity index (χ0) is 14.8. The lowest BCUT2D eigenvalue weighted by Crippen LogP contribution is -2.26. The summed E-state index contributed by atoms with van der Waals surface area (Å²) in [7, 11) is 1.73. The Hall–Kier alpha value is -2.69. The number of rotatable bonds is 3. The van der Waals surface area contributed by atoms with Crippen LogP contribution in [-0.4, -0.2) is 28.1 Å². The van der Waals surface area contributed by atoms with E-state index < -0.39 is 0 Å². The lowest BCUT2D eigenvalue weighted by Gasteiger charge is -2.17. The van der Waals surface area contributed by atoms with Crippen molar-refractivity contribution in [2.45, 2.75) is 6.54 Å². The number of fused-ring (bicyclic) bond motifs is 1. The van der Waals surface area contributed by atoms with E-state index >= 15 is 0 Å². The van der Waals surface area contributed by atoms with Gasteiger partial charge >= 0.3 is 0 Å². The van der Waals surface area contributed by atoms with Crippen LogP contribution in [-0.2, 0) is 6.54 Å². The Kier molecular flexibility index (Phi) is 3.39. The molecule has 0 unspecified atom stereocenters. The quantitative estimate of drug-likeness (QED) is 0.803. The molecule has 1 N–H and O–H groups in total. The molecular weight excluding hydrogens is 269 g/mol. The monoisotopic (exact) mass is 283 g/mol. The summed E-state index contributed by atoms with van der Waals surface area (Å²) in [6.45, 7) is 0.431. The van der Waals surface area contributed by atoms with E-state index in [1.807, 2.05) is 6.07 Å². The maximum Gasteiger partial charge on any atom is 0.253 e. The summed E-state index contributed by atoms with van der Waals surface area (Å²) in [6, 6.07) is 11.6. The Bertz CT molecular complexity index is 780. The number of aromatic nitrogens is 2. The molecule has 21 heavy (non-hydrogen) atoms. The summed E-state index contributed by atoms with van der Waals surface area (Å²) in [4.78, 5) is 14.0.